The molecule has 1 N–H and O–H groups in total. The first-order chi connectivity index (χ1) is 13.6. The molecule has 0 bridgehead atoms. The molecule has 0 aliphatic carbocycles. The summed E-state index contributed by atoms with van der Waals surface area (Å²) in [5.41, 5.74) is 2.45. The van der Waals surface area contributed by atoms with Crippen LogP contribution in [0.1, 0.15) is 10.4 Å². The van der Waals surface area contributed by atoms with Crippen LogP contribution in [0, 0.1) is 0 Å². The summed E-state index contributed by atoms with van der Waals surface area (Å²) in [4.78, 5) is 25.7. The zero-order valence-corrected chi connectivity index (χ0v) is 15.7. The largest absolute Gasteiger partial charge is 0.478 e. The van der Waals surface area contributed by atoms with Gasteiger partial charge in [-0.25, -0.2) is 14.5 Å². The number of aromatic carboxylic acids is 1. The summed E-state index contributed by atoms with van der Waals surface area (Å²) in [5, 5.41) is 14.8. The van der Waals surface area contributed by atoms with Gasteiger partial charge in [-0.05, 0) is 36.4 Å². The van der Waals surface area contributed by atoms with Crippen molar-refractivity contribution in [1.82, 2.24) is 19.7 Å². The third kappa shape index (κ3) is 3.45. The van der Waals surface area contributed by atoms with Crippen LogP contribution in [-0.2, 0) is 7.05 Å². The van der Waals surface area contributed by atoms with E-state index >= 15 is 0 Å². The molecule has 0 unspecified atom stereocenters. The van der Waals surface area contributed by atoms with E-state index in [0.29, 0.717) is 21.7 Å². The van der Waals surface area contributed by atoms with Crippen molar-refractivity contribution in [3.63, 3.8) is 0 Å². The lowest BCUT2D eigenvalue weighted by Crippen LogP contribution is -2.11. The SMILES string of the molecule is Cn1nc(-c2ccccn2)sc1=Nc1cccc(C(=O)O)c1-c1ccccn1. The normalized spacial score (nSPS) is 11.5. The molecule has 0 saturated heterocycles. The highest BCUT2D eigenvalue weighted by atomic mass is 32.1. The van der Waals surface area contributed by atoms with Crippen LogP contribution < -0.4 is 4.80 Å². The average molecular weight is 389 g/mol. The van der Waals surface area contributed by atoms with Gasteiger partial charge in [-0.15, -0.1) is 0 Å². The van der Waals surface area contributed by atoms with Gasteiger partial charge in [-0.3, -0.25) is 9.97 Å². The first kappa shape index (κ1) is 17.7. The Morgan fingerprint density at radius 1 is 1.00 bits per heavy atom. The quantitative estimate of drug-likeness (QED) is 0.576. The van der Waals surface area contributed by atoms with Crippen LogP contribution >= 0.6 is 11.3 Å². The highest BCUT2D eigenvalue weighted by Gasteiger charge is 2.17. The molecule has 0 atom stereocenters. The van der Waals surface area contributed by atoms with Gasteiger partial charge < -0.3 is 5.11 Å². The number of aryl methyl sites for hydroxylation is 1. The van der Waals surface area contributed by atoms with Crippen molar-refractivity contribution >= 4 is 23.0 Å². The van der Waals surface area contributed by atoms with Gasteiger partial charge >= 0.3 is 5.97 Å². The smallest absolute Gasteiger partial charge is 0.336 e. The van der Waals surface area contributed by atoms with Gasteiger partial charge in [0.2, 0.25) is 4.80 Å². The Morgan fingerprint density at radius 3 is 2.36 bits per heavy atom. The van der Waals surface area contributed by atoms with Crippen molar-refractivity contribution in [3.8, 4) is 22.0 Å². The van der Waals surface area contributed by atoms with E-state index in [-0.39, 0.29) is 5.56 Å². The first-order valence-electron chi connectivity index (χ1n) is 8.41. The topological polar surface area (TPSA) is 93.3 Å². The molecular weight excluding hydrogens is 374 g/mol. The molecular formula is C20H15N5O2S. The van der Waals surface area contributed by atoms with E-state index in [9.17, 15) is 9.90 Å². The minimum Gasteiger partial charge on any atom is -0.478 e. The van der Waals surface area contributed by atoms with Crippen molar-refractivity contribution in [3.05, 3.63) is 77.4 Å². The Bertz CT molecular complexity index is 1200. The number of hydrogen-bond donors (Lipinski definition) is 1. The minimum atomic E-state index is -1.03. The van der Waals surface area contributed by atoms with E-state index in [1.54, 1.807) is 54.5 Å². The highest BCUT2D eigenvalue weighted by Crippen LogP contribution is 2.32. The minimum absolute atomic E-state index is 0.150. The van der Waals surface area contributed by atoms with E-state index in [1.807, 2.05) is 24.3 Å². The van der Waals surface area contributed by atoms with Gasteiger partial charge in [0.05, 0.1) is 16.9 Å². The predicted molar refractivity (Wildman–Crippen MR) is 106 cm³/mol. The average Bonchev–Trinajstić information content (AvgIpc) is 3.09. The predicted octanol–water partition coefficient (Wildman–Crippen LogP) is 3.54. The number of hydrogen-bond acceptors (Lipinski definition) is 6. The lowest BCUT2D eigenvalue weighted by atomic mass is 10.0. The van der Waals surface area contributed by atoms with Crippen LogP contribution in [0.4, 0.5) is 5.69 Å². The van der Waals surface area contributed by atoms with E-state index in [4.69, 9.17) is 4.99 Å². The van der Waals surface area contributed by atoms with Gasteiger partial charge in [0.15, 0.2) is 5.01 Å². The maximum Gasteiger partial charge on any atom is 0.336 e. The van der Waals surface area contributed by atoms with Crippen LogP contribution in [0.5, 0.6) is 0 Å². The van der Waals surface area contributed by atoms with Gasteiger partial charge in [0.1, 0.15) is 5.69 Å². The number of nitrogens with zero attached hydrogens (tertiary/aromatic N) is 5. The van der Waals surface area contributed by atoms with Crippen molar-refractivity contribution in [2.75, 3.05) is 0 Å². The van der Waals surface area contributed by atoms with Gasteiger partial charge in [0, 0.05) is 25.0 Å². The van der Waals surface area contributed by atoms with Crippen molar-refractivity contribution in [1.29, 1.82) is 0 Å². The van der Waals surface area contributed by atoms with Crippen molar-refractivity contribution in [2.45, 2.75) is 0 Å². The van der Waals surface area contributed by atoms with E-state index in [0.717, 1.165) is 10.7 Å². The number of pyridine rings is 2. The molecule has 7 nitrogen and oxygen atoms in total. The molecule has 138 valence electrons. The molecule has 0 aliphatic rings. The second-order valence-corrected chi connectivity index (χ2v) is 6.82. The van der Waals surface area contributed by atoms with Crippen molar-refractivity contribution in [2.24, 2.45) is 12.0 Å². The molecule has 1 aromatic carbocycles. The van der Waals surface area contributed by atoms with E-state index in [1.165, 1.54) is 11.3 Å². The van der Waals surface area contributed by atoms with Crippen molar-refractivity contribution < 1.29 is 9.90 Å². The van der Waals surface area contributed by atoms with Crippen LogP contribution in [0.25, 0.3) is 22.0 Å². The molecule has 0 radical (unpaired) electrons. The molecule has 3 aromatic heterocycles. The number of carboxylic acid groups (broad SMARTS) is 1. The molecule has 0 saturated carbocycles. The maximum atomic E-state index is 11.8. The maximum absolute atomic E-state index is 11.8. The summed E-state index contributed by atoms with van der Waals surface area (Å²) in [5.74, 6) is -1.03. The molecule has 0 fully saturated rings. The third-order valence-corrected chi connectivity index (χ3v) is 5.02. The summed E-state index contributed by atoms with van der Waals surface area (Å²) >= 11 is 1.38. The van der Waals surface area contributed by atoms with Crippen LogP contribution in [0.3, 0.4) is 0 Å². The number of carbonyl (C=O) groups is 1. The first-order valence-corrected chi connectivity index (χ1v) is 9.23. The molecule has 0 aliphatic heterocycles. The van der Waals surface area contributed by atoms with Gasteiger partial charge in [-0.2, -0.15) is 5.10 Å². The molecule has 4 rings (SSSR count). The lowest BCUT2D eigenvalue weighted by Gasteiger charge is -2.08. The monoisotopic (exact) mass is 389 g/mol. The molecule has 4 aromatic rings. The number of carboxylic acids is 1. The van der Waals surface area contributed by atoms with Crippen LogP contribution in [0.15, 0.2) is 72.0 Å². The molecule has 0 spiro atoms. The summed E-state index contributed by atoms with van der Waals surface area (Å²) in [6.07, 6.45) is 3.34. The summed E-state index contributed by atoms with van der Waals surface area (Å²) in [6.45, 7) is 0. The molecule has 3 heterocycles. The van der Waals surface area contributed by atoms with Gasteiger partial charge in [-0.1, -0.05) is 29.5 Å². The van der Waals surface area contributed by atoms with Crippen LogP contribution in [0.2, 0.25) is 0 Å². The number of benzene rings is 1. The Kier molecular flexibility index (Phi) is 4.77. The highest BCUT2D eigenvalue weighted by molar-refractivity contribution is 7.12. The van der Waals surface area contributed by atoms with E-state index < -0.39 is 5.97 Å². The Balaban J connectivity index is 1.91. The number of aromatic nitrogens is 4. The van der Waals surface area contributed by atoms with E-state index in [2.05, 4.69) is 15.1 Å². The molecule has 0 amide bonds. The fourth-order valence-electron chi connectivity index (χ4n) is 2.73. The summed E-state index contributed by atoms with van der Waals surface area (Å²) in [6, 6.07) is 16.0. The second-order valence-electron chi connectivity index (χ2n) is 5.86. The standard InChI is InChI=1S/C20H15N5O2S/c1-25-20(28-18(24-25)16-9-3-5-12-22-16)23-15-10-6-7-13(19(26)27)17(15)14-8-2-4-11-21-14/h2-12H,1H3,(H,26,27). The Hall–Kier alpha value is -3.65. The Labute approximate surface area is 164 Å². The summed E-state index contributed by atoms with van der Waals surface area (Å²) in [7, 11) is 1.79. The lowest BCUT2D eigenvalue weighted by molar-refractivity contribution is 0.0697. The summed E-state index contributed by atoms with van der Waals surface area (Å²) < 4.78 is 1.66. The third-order valence-electron chi connectivity index (χ3n) is 4.00. The molecule has 28 heavy (non-hydrogen) atoms. The molecule has 8 heteroatoms. The fourth-order valence-corrected chi connectivity index (χ4v) is 3.61. The fraction of sp³-hybridized carbons (Fsp3) is 0.0500. The number of rotatable bonds is 4. The Morgan fingerprint density at radius 2 is 1.71 bits per heavy atom. The van der Waals surface area contributed by atoms with Crippen LogP contribution in [-0.4, -0.2) is 30.8 Å². The zero-order chi connectivity index (χ0) is 19.5. The zero-order valence-electron chi connectivity index (χ0n) is 14.9. The second kappa shape index (κ2) is 7.53. The van der Waals surface area contributed by atoms with Gasteiger partial charge in [0.25, 0.3) is 0 Å².